The van der Waals surface area contributed by atoms with Crippen molar-refractivity contribution in [2.75, 3.05) is 12.4 Å². The second-order valence-corrected chi connectivity index (χ2v) is 4.49. The first-order valence-electron chi connectivity index (χ1n) is 6.31. The van der Waals surface area contributed by atoms with Gasteiger partial charge in [0.2, 0.25) is 0 Å². The molecule has 2 N–H and O–H groups in total. The maximum absolute atomic E-state index is 12.1. The lowest BCUT2D eigenvalue weighted by Crippen LogP contribution is -2.12. The number of nitrogens with one attached hydrogen (secondary N) is 1. The van der Waals surface area contributed by atoms with Gasteiger partial charge in [-0.3, -0.25) is 4.79 Å². The SMILES string of the molecule is COC(=O)c1ccc(NC(=O)c2cccc(C)c2O)cc1. The summed E-state index contributed by atoms with van der Waals surface area (Å²) in [6, 6.07) is 11.3. The van der Waals surface area contributed by atoms with E-state index in [1.165, 1.54) is 7.11 Å². The van der Waals surface area contributed by atoms with Crippen LogP contribution >= 0.6 is 0 Å². The van der Waals surface area contributed by atoms with Crippen LogP contribution in [-0.2, 0) is 4.74 Å². The van der Waals surface area contributed by atoms with Gasteiger partial charge in [-0.15, -0.1) is 0 Å². The van der Waals surface area contributed by atoms with Crippen molar-refractivity contribution in [2.24, 2.45) is 0 Å². The van der Waals surface area contributed by atoms with Gasteiger partial charge in [0.25, 0.3) is 5.91 Å². The third kappa shape index (κ3) is 3.20. The molecule has 0 aromatic heterocycles. The maximum atomic E-state index is 12.1. The second-order valence-electron chi connectivity index (χ2n) is 4.49. The van der Waals surface area contributed by atoms with Gasteiger partial charge in [0.15, 0.2) is 0 Å². The van der Waals surface area contributed by atoms with Gasteiger partial charge in [-0.1, -0.05) is 12.1 Å². The van der Waals surface area contributed by atoms with Crippen molar-refractivity contribution in [3.63, 3.8) is 0 Å². The lowest BCUT2D eigenvalue weighted by molar-refractivity contribution is 0.0600. The third-order valence-electron chi connectivity index (χ3n) is 3.05. The smallest absolute Gasteiger partial charge is 0.337 e. The molecule has 0 saturated carbocycles. The second kappa shape index (κ2) is 6.09. The van der Waals surface area contributed by atoms with E-state index in [0.29, 0.717) is 16.8 Å². The molecule has 0 aliphatic carbocycles. The molecular formula is C16H15NO4. The number of aromatic hydroxyl groups is 1. The average molecular weight is 285 g/mol. The topological polar surface area (TPSA) is 75.6 Å². The minimum Gasteiger partial charge on any atom is -0.507 e. The highest BCUT2D eigenvalue weighted by atomic mass is 16.5. The summed E-state index contributed by atoms with van der Waals surface area (Å²) < 4.78 is 4.60. The molecule has 21 heavy (non-hydrogen) atoms. The van der Waals surface area contributed by atoms with Gasteiger partial charge < -0.3 is 15.2 Å². The fourth-order valence-electron chi connectivity index (χ4n) is 1.85. The number of carbonyl (C=O) groups is 2. The number of phenolic OH excluding ortho intramolecular Hbond substituents is 1. The number of hydrogen-bond acceptors (Lipinski definition) is 4. The number of carbonyl (C=O) groups excluding carboxylic acids is 2. The molecule has 0 bridgehead atoms. The number of methoxy groups -OCH3 is 1. The van der Waals surface area contributed by atoms with E-state index in [4.69, 9.17) is 0 Å². The molecule has 2 rings (SSSR count). The molecule has 0 heterocycles. The monoisotopic (exact) mass is 285 g/mol. The van der Waals surface area contributed by atoms with E-state index in [2.05, 4.69) is 10.1 Å². The van der Waals surface area contributed by atoms with Crippen molar-refractivity contribution in [3.05, 3.63) is 59.2 Å². The molecular weight excluding hydrogens is 270 g/mol. The summed E-state index contributed by atoms with van der Waals surface area (Å²) >= 11 is 0. The van der Waals surface area contributed by atoms with Crippen molar-refractivity contribution in [3.8, 4) is 5.75 Å². The summed E-state index contributed by atoms with van der Waals surface area (Å²) in [6.45, 7) is 1.72. The summed E-state index contributed by atoms with van der Waals surface area (Å²) in [4.78, 5) is 23.4. The largest absolute Gasteiger partial charge is 0.507 e. The molecule has 0 spiro atoms. The van der Waals surface area contributed by atoms with E-state index in [1.54, 1.807) is 49.4 Å². The number of aryl methyl sites for hydroxylation is 1. The zero-order chi connectivity index (χ0) is 15.4. The first kappa shape index (κ1) is 14.6. The van der Waals surface area contributed by atoms with Crippen LogP contribution in [0.15, 0.2) is 42.5 Å². The van der Waals surface area contributed by atoms with Gasteiger partial charge in [-0.2, -0.15) is 0 Å². The van der Waals surface area contributed by atoms with Gasteiger partial charge in [-0.05, 0) is 42.8 Å². The van der Waals surface area contributed by atoms with Crippen LogP contribution in [0.5, 0.6) is 5.75 Å². The fourth-order valence-corrected chi connectivity index (χ4v) is 1.85. The molecule has 1 amide bonds. The molecule has 2 aromatic rings. The van der Waals surface area contributed by atoms with Crippen molar-refractivity contribution in [1.82, 2.24) is 0 Å². The van der Waals surface area contributed by atoms with E-state index in [9.17, 15) is 14.7 Å². The molecule has 0 radical (unpaired) electrons. The van der Waals surface area contributed by atoms with Crippen molar-refractivity contribution >= 4 is 17.6 Å². The number of hydrogen-bond donors (Lipinski definition) is 2. The van der Waals surface area contributed by atoms with Crippen molar-refractivity contribution in [1.29, 1.82) is 0 Å². The molecule has 0 aliphatic heterocycles. The first-order valence-corrected chi connectivity index (χ1v) is 6.31. The van der Waals surface area contributed by atoms with Crippen LogP contribution < -0.4 is 5.32 Å². The highest BCUT2D eigenvalue weighted by Crippen LogP contribution is 2.22. The number of amides is 1. The number of para-hydroxylation sites is 1. The van der Waals surface area contributed by atoms with Crippen LogP contribution in [0.2, 0.25) is 0 Å². The quantitative estimate of drug-likeness (QED) is 0.850. The Labute approximate surface area is 122 Å². The van der Waals surface area contributed by atoms with Gasteiger partial charge in [-0.25, -0.2) is 4.79 Å². The van der Waals surface area contributed by atoms with Crippen LogP contribution in [0.4, 0.5) is 5.69 Å². The van der Waals surface area contributed by atoms with Gasteiger partial charge in [0.1, 0.15) is 5.75 Å². The van der Waals surface area contributed by atoms with Crippen LogP contribution in [0, 0.1) is 6.92 Å². The summed E-state index contributed by atoms with van der Waals surface area (Å²) in [6.07, 6.45) is 0. The van der Waals surface area contributed by atoms with E-state index in [1.807, 2.05) is 0 Å². The summed E-state index contributed by atoms with van der Waals surface area (Å²) in [5, 5.41) is 12.5. The lowest BCUT2D eigenvalue weighted by Gasteiger charge is -2.08. The minimum atomic E-state index is -0.441. The van der Waals surface area contributed by atoms with E-state index >= 15 is 0 Å². The number of esters is 1. The standard InChI is InChI=1S/C16H15NO4/c1-10-4-3-5-13(14(10)18)15(19)17-12-8-6-11(7-9-12)16(20)21-2/h3-9,18H,1-2H3,(H,17,19). The van der Waals surface area contributed by atoms with E-state index in [0.717, 1.165) is 0 Å². The summed E-state index contributed by atoms with van der Waals surface area (Å²) in [5.74, 6) is -0.896. The Bertz CT molecular complexity index is 677. The Hall–Kier alpha value is -2.82. The molecule has 0 saturated heterocycles. The van der Waals surface area contributed by atoms with Gasteiger partial charge >= 0.3 is 5.97 Å². The number of anilines is 1. The van der Waals surface area contributed by atoms with Crippen molar-refractivity contribution in [2.45, 2.75) is 6.92 Å². The number of rotatable bonds is 3. The molecule has 5 nitrogen and oxygen atoms in total. The van der Waals surface area contributed by atoms with Crippen LogP contribution in [0.1, 0.15) is 26.3 Å². The molecule has 0 fully saturated rings. The number of benzene rings is 2. The van der Waals surface area contributed by atoms with Gasteiger partial charge in [0, 0.05) is 5.69 Å². The van der Waals surface area contributed by atoms with E-state index < -0.39 is 11.9 Å². The summed E-state index contributed by atoms with van der Waals surface area (Å²) in [5.41, 5.74) is 1.75. The average Bonchev–Trinajstić information content (AvgIpc) is 2.50. The van der Waals surface area contributed by atoms with Crippen LogP contribution in [0.25, 0.3) is 0 Å². The number of ether oxygens (including phenoxy) is 1. The summed E-state index contributed by atoms with van der Waals surface area (Å²) in [7, 11) is 1.30. The molecule has 108 valence electrons. The Balaban J connectivity index is 2.16. The minimum absolute atomic E-state index is 0.0406. The molecule has 0 atom stereocenters. The number of phenols is 1. The van der Waals surface area contributed by atoms with Crippen LogP contribution in [0.3, 0.4) is 0 Å². The Morgan fingerprint density at radius 3 is 2.38 bits per heavy atom. The predicted octanol–water partition coefficient (Wildman–Crippen LogP) is 2.74. The Morgan fingerprint density at radius 2 is 1.76 bits per heavy atom. The Morgan fingerprint density at radius 1 is 1.10 bits per heavy atom. The fraction of sp³-hybridized carbons (Fsp3) is 0.125. The molecule has 0 unspecified atom stereocenters. The maximum Gasteiger partial charge on any atom is 0.337 e. The normalized spacial score (nSPS) is 10.0. The highest BCUT2D eigenvalue weighted by molar-refractivity contribution is 6.06. The Kier molecular flexibility index (Phi) is 4.23. The highest BCUT2D eigenvalue weighted by Gasteiger charge is 2.13. The lowest BCUT2D eigenvalue weighted by atomic mass is 10.1. The van der Waals surface area contributed by atoms with Crippen molar-refractivity contribution < 1.29 is 19.4 Å². The predicted molar refractivity (Wildman–Crippen MR) is 78.6 cm³/mol. The first-order chi connectivity index (χ1) is 10.0. The zero-order valence-electron chi connectivity index (χ0n) is 11.7. The van der Waals surface area contributed by atoms with Gasteiger partial charge in [0.05, 0.1) is 18.2 Å². The van der Waals surface area contributed by atoms with Crippen LogP contribution in [-0.4, -0.2) is 24.1 Å². The molecule has 5 heteroatoms. The molecule has 2 aromatic carbocycles. The third-order valence-corrected chi connectivity index (χ3v) is 3.05. The zero-order valence-corrected chi connectivity index (χ0v) is 11.7. The van der Waals surface area contributed by atoms with E-state index in [-0.39, 0.29) is 11.3 Å². The molecule has 0 aliphatic rings.